The maximum atomic E-state index is 12.7. The number of carbonyl (C=O) groups is 3. The van der Waals surface area contributed by atoms with Crippen LogP contribution in [-0.4, -0.2) is 53.1 Å². The number of rotatable bonds is 11. The Bertz CT molecular complexity index is 988. The number of benzene rings is 1. The number of primary amides is 1. The summed E-state index contributed by atoms with van der Waals surface area (Å²) in [5, 5.41) is 11.6. The Morgan fingerprint density at radius 3 is 2.32 bits per heavy atom. The molecule has 11 nitrogen and oxygen atoms in total. The van der Waals surface area contributed by atoms with E-state index in [1.54, 1.807) is 45.0 Å². The molecule has 11 heteroatoms. The maximum Gasteiger partial charge on any atom is 0.407 e. The summed E-state index contributed by atoms with van der Waals surface area (Å²) in [6.07, 6.45) is 2.33. The van der Waals surface area contributed by atoms with Crippen molar-refractivity contribution in [1.29, 1.82) is 0 Å². The number of amides is 3. The first-order chi connectivity index (χ1) is 16.1. The third-order valence-electron chi connectivity index (χ3n) is 4.31. The molecule has 2 aromatic rings. The summed E-state index contributed by atoms with van der Waals surface area (Å²) in [5.41, 5.74) is 6.07. The number of nitrogens with zero attached hydrogens (tertiary/aromatic N) is 2. The van der Waals surface area contributed by atoms with E-state index in [-0.39, 0.29) is 5.91 Å². The first-order valence-electron chi connectivity index (χ1n) is 11.1. The largest absolute Gasteiger partial charge is 0.444 e. The lowest BCUT2D eigenvalue weighted by Gasteiger charge is -2.19. The molecule has 0 aliphatic rings. The van der Waals surface area contributed by atoms with Crippen LogP contribution in [0, 0.1) is 0 Å². The molecule has 0 radical (unpaired) electrons. The van der Waals surface area contributed by atoms with Crippen molar-refractivity contribution in [1.82, 2.24) is 20.6 Å². The zero-order valence-corrected chi connectivity index (χ0v) is 20.0. The Balaban J connectivity index is 1.95. The molecule has 1 aromatic carbocycles. The Hall–Kier alpha value is -3.89. The van der Waals surface area contributed by atoms with Crippen molar-refractivity contribution in [2.45, 2.75) is 46.1 Å². The number of hydrogen-bond donors (Lipinski definition) is 5. The van der Waals surface area contributed by atoms with E-state index in [1.165, 1.54) is 6.20 Å². The molecule has 0 fully saturated rings. The fourth-order valence-corrected chi connectivity index (χ4v) is 2.72. The molecule has 6 N–H and O–H groups in total. The second kappa shape index (κ2) is 12.4. The molecule has 2 rings (SSSR count). The quantitative estimate of drug-likeness (QED) is 0.313. The normalized spacial score (nSPS) is 10.8. The molecule has 0 aliphatic carbocycles. The van der Waals surface area contributed by atoms with E-state index >= 15 is 0 Å². The molecule has 0 atom stereocenters. The van der Waals surface area contributed by atoms with Crippen LogP contribution >= 0.6 is 0 Å². The molecular weight excluding hydrogens is 438 g/mol. The van der Waals surface area contributed by atoms with E-state index in [0.717, 1.165) is 6.42 Å². The highest BCUT2D eigenvalue weighted by Crippen LogP contribution is 2.18. The Kier molecular flexibility index (Phi) is 9.60. The van der Waals surface area contributed by atoms with E-state index in [0.29, 0.717) is 54.6 Å². The summed E-state index contributed by atoms with van der Waals surface area (Å²) in [6, 6.07) is 6.57. The Labute approximate surface area is 199 Å². The van der Waals surface area contributed by atoms with Crippen LogP contribution in [0.4, 0.5) is 22.2 Å². The topological polar surface area (TPSA) is 160 Å². The summed E-state index contributed by atoms with van der Waals surface area (Å²) >= 11 is 0. The molecule has 0 spiro atoms. The Morgan fingerprint density at radius 2 is 1.71 bits per heavy atom. The van der Waals surface area contributed by atoms with Crippen LogP contribution in [0.3, 0.4) is 0 Å². The number of hydrogen-bond acceptors (Lipinski definition) is 8. The summed E-state index contributed by atoms with van der Waals surface area (Å²) in [4.78, 5) is 44.2. The minimum Gasteiger partial charge on any atom is -0.444 e. The van der Waals surface area contributed by atoms with Crippen molar-refractivity contribution < 1.29 is 19.1 Å². The van der Waals surface area contributed by atoms with Crippen LogP contribution in [0.25, 0.3) is 0 Å². The number of alkyl carbamates (subject to hydrolysis) is 1. The van der Waals surface area contributed by atoms with Gasteiger partial charge in [-0.15, -0.1) is 0 Å². The van der Waals surface area contributed by atoms with Crippen molar-refractivity contribution in [3.8, 4) is 0 Å². The number of aromatic nitrogens is 2. The van der Waals surface area contributed by atoms with Gasteiger partial charge in [0.2, 0.25) is 11.9 Å². The van der Waals surface area contributed by atoms with Gasteiger partial charge >= 0.3 is 6.09 Å². The maximum absolute atomic E-state index is 12.7. The molecule has 1 aromatic heterocycles. The molecule has 0 saturated carbocycles. The lowest BCUT2D eigenvalue weighted by molar-refractivity contribution is 0.0527. The van der Waals surface area contributed by atoms with Gasteiger partial charge in [-0.2, -0.15) is 4.98 Å². The summed E-state index contributed by atoms with van der Waals surface area (Å²) in [7, 11) is 0. The zero-order chi connectivity index (χ0) is 25.1. The van der Waals surface area contributed by atoms with Crippen molar-refractivity contribution >= 4 is 35.4 Å². The predicted octanol–water partition coefficient (Wildman–Crippen LogP) is 2.79. The van der Waals surface area contributed by atoms with Crippen LogP contribution in [-0.2, 0) is 4.74 Å². The van der Waals surface area contributed by atoms with Crippen LogP contribution in [0.15, 0.2) is 30.5 Å². The van der Waals surface area contributed by atoms with Crippen molar-refractivity contribution in [3.05, 3.63) is 41.6 Å². The van der Waals surface area contributed by atoms with Gasteiger partial charge in [-0.25, -0.2) is 9.78 Å². The molecule has 0 bridgehead atoms. The monoisotopic (exact) mass is 471 g/mol. The second-order valence-electron chi connectivity index (χ2n) is 8.49. The highest BCUT2D eigenvalue weighted by atomic mass is 16.6. The lowest BCUT2D eigenvalue weighted by Crippen LogP contribution is -2.34. The van der Waals surface area contributed by atoms with E-state index in [1.807, 2.05) is 6.92 Å². The SMILES string of the molecule is CCCNc1nc(Nc2ccc(C(N)=O)cc2)ncc1C(=O)NCCCNC(=O)OC(C)(C)C. The minimum absolute atomic E-state index is 0.295. The van der Waals surface area contributed by atoms with Gasteiger partial charge in [-0.3, -0.25) is 9.59 Å². The van der Waals surface area contributed by atoms with Crippen LogP contribution in [0.1, 0.15) is 61.3 Å². The van der Waals surface area contributed by atoms with Gasteiger partial charge in [0.05, 0.1) is 0 Å². The van der Waals surface area contributed by atoms with E-state index in [9.17, 15) is 14.4 Å². The van der Waals surface area contributed by atoms with Gasteiger partial charge in [-0.05, 0) is 57.9 Å². The molecule has 0 saturated heterocycles. The van der Waals surface area contributed by atoms with Crippen molar-refractivity contribution in [3.63, 3.8) is 0 Å². The van der Waals surface area contributed by atoms with Gasteiger partial charge in [-0.1, -0.05) is 6.92 Å². The van der Waals surface area contributed by atoms with E-state index in [4.69, 9.17) is 10.5 Å². The number of anilines is 3. The number of nitrogens with two attached hydrogens (primary N) is 1. The fraction of sp³-hybridized carbons (Fsp3) is 0.435. The van der Waals surface area contributed by atoms with Crippen molar-refractivity contribution in [2.24, 2.45) is 5.73 Å². The zero-order valence-electron chi connectivity index (χ0n) is 20.0. The third-order valence-corrected chi connectivity index (χ3v) is 4.31. The number of carbonyl (C=O) groups excluding carboxylic acids is 3. The predicted molar refractivity (Wildman–Crippen MR) is 130 cm³/mol. The van der Waals surface area contributed by atoms with Gasteiger partial charge in [0.15, 0.2) is 0 Å². The summed E-state index contributed by atoms with van der Waals surface area (Å²) in [5.74, 6) is -0.140. The minimum atomic E-state index is -0.561. The lowest BCUT2D eigenvalue weighted by atomic mass is 10.2. The first kappa shape index (κ1) is 26.4. The number of nitrogens with one attached hydrogen (secondary N) is 4. The average Bonchev–Trinajstić information content (AvgIpc) is 2.76. The van der Waals surface area contributed by atoms with Crippen LogP contribution in [0.2, 0.25) is 0 Å². The standard InChI is InChI=1S/C23H33N7O4/c1-5-11-25-19-17(20(32)26-12-6-13-27-22(33)34-23(2,3)4)14-28-21(30-19)29-16-9-7-15(8-10-16)18(24)31/h7-10,14H,5-6,11-13H2,1-4H3,(H2,24,31)(H,26,32)(H,27,33)(H2,25,28,29,30). The Morgan fingerprint density at radius 1 is 1.03 bits per heavy atom. The van der Waals surface area contributed by atoms with Gasteiger partial charge in [0, 0.05) is 37.1 Å². The third kappa shape index (κ3) is 8.93. The van der Waals surface area contributed by atoms with E-state index in [2.05, 4.69) is 31.2 Å². The molecule has 3 amide bonds. The van der Waals surface area contributed by atoms with Gasteiger partial charge in [0.25, 0.3) is 5.91 Å². The molecule has 0 unspecified atom stereocenters. The van der Waals surface area contributed by atoms with E-state index < -0.39 is 17.6 Å². The first-order valence-corrected chi connectivity index (χ1v) is 11.1. The van der Waals surface area contributed by atoms with Gasteiger partial charge in [0.1, 0.15) is 17.0 Å². The molecule has 184 valence electrons. The smallest absolute Gasteiger partial charge is 0.407 e. The van der Waals surface area contributed by atoms with Crippen molar-refractivity contribution in [2.75, 3.05) is 30.3 Å². The molecule has 0 aliphatic heterocycles. The fourth-order valence-electron chi connectivity index (χ4n) is 2.72. The number of ether oxygens (including phenoxy) is 1. The molecule has 34 heavy (non-hydrogen) atoms. The highest BCUT2D eigenvalue weighted by molar-refractivity contribution is 5.98. The second-order valence-corrected chi connectivity index (χ2v) is 8.49. The van der Waals surface area contributed by atoms with Crippen LogP contribution < -0.4 is 27.0 Å². The van der Waals surface area contributed by atoms with Gasteiger partial charge < -0.3 is 31.7 Å². The summed E-state index contributed by atoms with van der Waals surface area (Å²) in [6.45, 7) is 8.73. The average molecular weight is 472 g/mol. The molecule has 1 heterocycles. The summed E-state index contributed by atoms with van der Waals surface area (Å²) < 4.78 is 5.17. The molecular formula is C23H33N7O4. The van der Waals surface area contributed by atoms with Crippen LogP contribution in [0.5, 0.6) is 0 Å². The highest BCUT2D eigenvalue weighted by Gasteiger charge is 2.16.